The van der Waals surface area contributed by atoms with Crippen molar-refractivity contribution in [3.8, 4) is 0 Å². The maximum Gasteiger partial charge on any atom is 0.330 e. The molecule has 1 aliphatic rings. The van der Waals surface area contributed by atoms with Gasteiger partial charge in [0.1, 0.15) is 11.4 Å². The number of ether oxygens (including phenoxy) is 1. The van der Waals surface area contributed by atoms with Crippen LogP contribution in [0.2, 0.25) is 0 Å². The molecule has 1 aliphatic carbocycles. The zero-order valence-electron chi connectivity index (χ0n) is 12.8. The van der Waals surface area contributed by atoms with Crippen molar-refractivity contribution in [1.82, 2.24) is 5.32 Å². The molecule has 0 radical (unpaired) electrons. The van der Waals surface area contributed by atoms with Gasteiger partial charge in [-0.2, -0.15) is 0 Å². The fourth-order valence-corrected chi connectivity index (χ4v) is 3.12. The Bertz CT molecular complexity index is 468. The molecule has 3 nitrogen and oxygen atoms in total. The Balaban J connectivity index is 2.34. The maximum absolute atomic E-state index is 13.2. The van der Waals surface area contributed by atoms with Crippen LogP contribution in [0, 0.1) is 5.82 Å². The Morgan fingerprint density at radius 1 is 1.29 bits per heavy atom. The highest BCUT2D eigenvalue weighted by Gasteiger charge is 2.42. The number of hydrogen-bond acceptors (Lipinski definition) is 3. The number of rotatable bonds is 6. The molecule has 1 atom stereocenters. The summed E-state index contributed by atoms with van der Waals surface area (Å²) in [6, 6.07) is 6.47. The molecule has 0 bridgehead atoms. The molecule has 1 saturated carbocycles. The van der Waals surface area contributed by atoms with E-state index < -0.39 is 5.54 Å². The van der Waals surface area contributed by atoms with E-state index in [2.05, 4.69) is 5.32 Å². The van der Waals surface area contributed by atoms with Gasteiger partial charge in [-0.3, -0.25) is 5.32 Å². The summed E-state index contributed by atoms with van der Waals surface area (Å²) < 4.78 is 18.5. The van der Waals surface area contributed by atoms with Crippen LogP contribution in [0.4, 0.5) is 4.39 Å². The molecule has 116 valence electrons. The van der Waals surface area contributed by atoms with Gasteiger partial charge in [0, 0.05) is 6.04 Å². The largest absolute Gasteiger partial charge is 0.464 e. The van der Waals surface area contributed by atoms with Gasteiger partial charge in [0.15, 0.2) is 0 Å². The van der Waals surface area contributed by atoms with Gasteiger partial charge in [0.2, 0.25) is 0 Å². The number of hydrogen-bond donors (Lipinski definition) is 1. The van der Waals surface area contributed by atoms with Crippen molar-refractivity contribution in [3.63, 3.8) is 0 Å². The Morgan fingerprint density at radius 2 is 1.90 bits per heavy atom. The van der Waals surface area contributed by atoms with Crippen molar-refractivity contribution in [2.45, 2.75) is 57.5 Å². The molecule has 1 N–H and O–H groups in total. The van der Waals surface area contributed by atoms with Crippen LogP contribution in [0.3, 0.4) is 0 Å². The third-order valence-corrected chi connectivity index (χ3v) is 4.30. The van der Waals surface area contributed by atoms with Crippen LogP contribution in [0.1, 0.15) is 51.5 Å². The molecule has 4 heteroatoms. The summed E-state index contributed by atoms with van der Waals surface area (Å²) in [5, 5.41) is 3.50. The smallest absolute Gasteiger partial charge is 0.330 e. The van der Waals surface area contributed by atoms with E-state index in [0.717, 1.165) is 18.4 Å². The van der Waals surface area contributed by atoms with Crippen molar-refractivity contribution < 1.29 is 13.9 Å². The highest BCUT2D eigenvalue weighted by atomic mass is 19.1. The first kappa shape index (κ1) is 16.0. The quantitative estimate of drug-likeness (QED) is 0.815. The third-order valence-electron chi connectivity index (χ3n) is 4.30. The molecule has 0 aromatic heterocycles. The number of benzene rings is 1. The first-order valence-corrected chi connectivity index (χ1v) is 7.83. The van der Waals surface area contributed by atoms with E-state index in [0.29, 0.717) is 19.1 Å². The summed E-state index contributed by atoms with van der Waals surface area (Å²) in [6.07, 6.45) is 5.09. The normalized spacial score (nSPS) is 18.4. The summed E-state index contributed by atoms with van der Waals surface area (Å²) in [5.41, 5.74) is -0.102. The number of esters is 1. The van der Waals surface area contributed by atoms with E-state index in [1.54, 1.807) is 19.1 Å². The lowest BCUT2D eigenvalue weighted by atomic mass is 9.86. The Hall–Kier alpha value is -1.42. The van der Waals surface area contributed by atoms with E-state index >= 15 is 0 Å². The predicted molar refractivity (Wildman–Crippen MR) is 80.4 cm³/mol. The molecular weight excluding hydrogens is 269 g/mol. The Labute approximate surface area is 125 Å². The summed E-state index contributed by atoms with van der Waals surface area (Å²) in [6.45, 7) is 4.11. The van der Waals surface area contributed by atoms with Crippen molar-refractivity contribution in [2.24, 2.45) is 0 Å². The second-order valence-electron chi connectivity index (χ2n) is 5.61. The maximum atomic E-state index is 13.2. The average molecular weight is 293 g/mol. The van der Waals surface area contributed by atoms with Gasteiger partial charge in [0.05, 0.1) is 6.61 Å². The summed E-state index contributed by atoms with van der Waals surface area (Å²) >= 11 is 0. The molecule has 1 aromatic carbocycles. The van der Waals surface area contributed by atoms with Gasteiger partial charge in [-0.15, -0.1) is 0 Å². The van der Waals surface area contributed by atoms with E-state index in [9.17, 15) is 9.18 Å². The minimum absolute atomic E-state index is 0.272. The summed E-state index contributed by atoms with van der Waals surface area (Å²) in [7, 11) is 0. The molecule has 0 saturated heterocycles. The molecular formula is C17H24FNO2. The van der Waals surface area contributed by atoms with Crippen LogP contribution in [-0.2, 0) is 15.1 Å². The van der Waals surface area contributed by atoms with E-state index in [4.69, 9.17) is 4.74 Å². The van der Waals surface area contributed by atoms with Crippen LogP contribution >= 0.6 is 0 Å². The predicted octanol–water partition coefficient (Wildman–Crippen LogP) is 3.53. The van der Waals surface area contributed by atoms with Crippen LogP contribution < -0.4 is 5.32 Å². The van der Waals surface area contributed by atoms with Crippen molar-refractivity contribution in [1.29, 1.82) is 0 Å². The molecule has 21 heavy (non-hydrogen) atoms. The van der Waals surface area contributed by atoms with Crippen LogP contribution in [0.25, 0.3) is 0 Å². The topological polar surface area (TPSA) is 38.3 Å². The van der Waals surface area contributed by atoms with Gasteiger partial charge < -0.3 is 4.74 Å². The van der Waals surface area contributed by atoms with Crippen LogP contribution in [0.5, 0.6) is 0 Å². The SMILES string of the molecule is CCOC(=O)C(CC)(NC1CCCC1)c1ccc(F)cc1. The van der Waals surface area contributed by atoms with Gasteiger partial charge in [-0.05, 0) is 43.9 Å². The fraction of sp³-hybridized carbons (Fsp3) is 0.588. The minimum Gasteiger partial charge on any atom is -0.464 e. The van der Waals surface area contributed by atoms with E-state index in [-0.39, 0.29) is 11.8 Å². The number of nitrogens with one attached hydrogen (secondary N) is 1. The van der Waals surface area contributed by atoms with E-state index in [1.165, 1.54) is 25.0 Å². The second-order valence-corrected chi connectivity index (χ2v) is 5.61. The standard InChI is InChI=1S/C17H24FNO2/c1-3-17(16(20)21-4-2,19-15-7-5-6-8-15)13-9-11-14(18)12-10-13/h9-12,15,19H,3-8H2,1-2H3. The average Bonchev–Trinajstić information content (AvgIpc) is 2.99. The molecule has 2 rings (SSSR count). The minimum atomic E-state index is -0.876. The lowest BCUT2D eigenvalue weighted by Gasteiger charge is -2.35. The first-order chi connectivity index (χ1) is 10.1. The van der Waals surface area contributed by atoms with Gasteiger partial charge in [-0.1, -0.05) is 31.9 Å². The fourth-order valence-electron chi connectivity index (χ4n) is 3.12. The summed E-state index contributed by atoms with van der Waals surface area (Å²) in [5.74, 6) is -0.570. The lowest BCUT2D eigenvalue weighted by molar-refractivity contribution is -0.152. The lowest BCUT2D eigenvalue weighted by Crippen LogP contribution is -2.53. The number of carbonyl (C=O) groups is 1. The molecule has 1 unspecified atom stereocenters. The zero-order chi connectivity index (χ0) is 15.3. The van der Waals surface area contributed by atoms with Crippen LogP contribution in [0.15, 0.2) is 24.3 Å². The highest BCUT2D eigenvalue weighted by Crippen LogP contribution is 2.31. The van der Waals surface area contributed by atoms with Crippen LogP contribution in [-0.4, -0.2) is 18.6 Å². The highest BCUT2D eigenvalue weighted by molar-refractivity contribution is 5.82. The Morgan fingerprint density at radius 3 is 2.43 bits per heavy atom. The van der Waals surface area contributed by atoms with Crippen molar-refractivity contribution in [2.75, 3.05) is 6.61 Å². The molecule has 0 aliphatic heterocycles. The first-order valence-electron chi connectivity index (χ1n) is 7.83. The van der Waals surface area contributed by atoms with E-state index in [1.807, 2.05) is 6.92 Å². The molecule has 0 heterocycles. The molecule has 1 fully saturated rings. The van der Waals surface area contributed by atoms with Gasteiger partial charge in [0.25, 0.3) is 0 Å². The third kappa shape index (κ3) is 3.43. The molecule has 1 aromatic rings. The number of carbonyl (C=O) groups excluding carboxylic acids is 1. The summed E-state index contributed by atoms with van der Waals surface area (Å²) in [4.78, 5) is 12.6. The van der Waals surface area contributed by atoms with Crippen molar-refractivity contribution in [3.05, 3.63) is 35.6 Å². The second kappa shape index (κ2) is 7.03. The van der Waals surface area contributed by atoms with Gasteiger partial charge in [-0.25, -0.2) is 9.18 Å². The van der Waals surface area contributed by atoms with Crippen molar-refractivity contribution >= 4 is 5.97 Å². The molecule has 0 spiro atoms. The Kier molecular flexibility index (Phi) is 5.34. The molecule has 0 amide bonds. The van der Waals surface area contributed by atoms with Gasteiger partial charge >= 0.3 is 5.97 Å². The zero-order valence-corrected chi connectivity index (χ0v) is 12.8. The number of halogens is 1. The monoisotopic (exact) mass is 293 g/mol.